The molecule has 0 bridgehead atoms. The van der Waals surface area contributed by atoms with Crippen molar-refractivity contribution in [1.82, 2.24) is 15.5 Å². The van der Waals surface area contributed by atoms with Crippen LogP contribution >= 0.6 is 11.6 Å². The minimum atomic E-state index is -0.0507. The smallest absolute Gasteiger partial charge is 0.224 e. The molecule has 3 rings (SSSR count). The number of hydrogen-bond donors (Lipinski definition) is 2. The van der Waals surface area contributed by atoms with E-state index in [9.17, 15) is 4.79 Å². The van der Waals surface area contributed by atoms with Crippen LogP contribution in [0.2, 0.25) is 5.02 Å². The summed E-state index contributed by atoms with van der Waals surface area (Å²) in [4.78, 5) is 12.5. The predicted molar refractivity (Wildman–Crippen MR) is 114 cm³/mol. The lowest BCUT2D eigenvalue weighted by molar-refractivity contribution is -0.120. The summed E-state index contributed by atoms with van der Waals surface area (Å²) in [5.41, 5.74) is 4.52. The molecule has 6 nitrogen and oxygen atoms in total. The number of amides is 1. The van der Waals surface area contributed by atoms with Crippen LogP contribution in [0.15, 0.2) is 42.5 Å². The zero-order chi connectivity index (χ0) is 20.8. The maximum atomic E-state index is 12.5. The van der Waals surface area contributed by atoms with Gasteiger partial charge in [0.05, 0.1) is 26.3 Å². The third-order valence-corrected chi connectivity index (χ3v) is 4.96. The number of aromatic amines is 1. The van der Waals surface area contributed by atoms with E-state index in [-0.39, 0.29) is 12.3 Å². The van der Waals surface area contributed by atoms with Crippen LogP contribution in [0.3, 0.4) is 0 Å². The molecule has 7 heteroatoms. The van der Waals surface area contributed by atoms with Crippen LogP contribution in [-0.4, -0.2) is 36.9 Å². The lowest BCUT2D eigenvalue weighted by Gasteiger charge is -2.10. The number of hydrogen-bond acceptors (Lipinski definition) is 4. The van der Waals surface area contributed by atoms with Gasteiger partial charge in [-0.3, -0.25) is 9.89 Å². The fourth-order valence-corrected chi connectivity index (χ4v) is 3.25. The number of aromatic nitrogens is 2. The summed E-state index contributed by atoms with van der Waals surface area (Å²) in [6.45, 7) is 2.44. The van der Waals surface area contributed by atoms with E-state index < -0.39 is 0 Å². The molecule has 0 aliphatic heterocycles. The molecule has 0 fully saturated rings. The monoisotopic (exact) mass is 413 g/mol. The van der Waals surface area contributed by atoms with Crippen LogP contribution in [0.5, 0.6) is 11.5 Å². The highest BCUT2D eigenvalue weighted by Crippen LogP contribution is 2.28. The van der Waals surface area contributed by atoms with E-state index in [1.807, 2.05) is 49.4 Å². The molecular weight excluding hydrogens is 390 g/mol. The molecule has 0 aliphatic carbocycles. The molecular formula is C22H24ClN3O3. The topological polar surface area (TPSA) is 76.2 Å². The van der Waals surface area contributed by atoms with Gasteiger partial charge in [-0.25, -0.2) is 0 Å². The molecule has 0 radical (unpaired) electrons. The second kappa shape index (κ2) is 9.47. The first-order valence-electron chi connectivity index (χ1n) is 9.29. The minimum absolute atomic E-state index is 0.0507. The van der Waals surface area contributed by atoms with Crippen LogP contribution in [0.25, 0.3) is 11.3 Å². The van der Waals surface area contributed by atoms with Gasteiger partial charge < -0.3 is 14.8 Å². The van der Waals surface area contributed by atoms with Gasteiger partial charge >= 0.3 is 0 Å². The van der Waals surface area contributed by atoms with Crippen LogP contribution in [-0.2, 0) is 17.6 Å². The van der Waals surface area contributed by atoms with E-state index in [0.717, 1.165) is 28.1 Å². The molecule has 3 aromatic rings. The molecule has 0 spiro atoms. The Hall–Kier alpha value is -2.99. The summed E-state index contributed by atoms with van der Waals surface area (Å²) in [5, 5.41) is 11.0. The highest BCUT2D eigenvalue weighted by atomic mass is 35.5. The molecule has 0 saturated heterocycles. The van der Waals surface area contributed by atoms with Gasteiger partial charge in [0, 0.05) is 28.4 Å². The van der Waals surface area contributed by atoms with E-state index in [1.165, 1.54) is 0 Å². The van der Waals surface area contributed by atoms with E-state index >= 15 is 0 Å². The number of carbonyl (C=O) groups excluding carboxylic acids is 1. The van der Waals surface area contributed by atoms with Crippen molar-refractivity contribution in [2.24, 2.45) is 0 Å². The first-order valence-corrected chi connectivity index (χ1v) is 9.67. The van der Waals surface area contributed by atoms with Crippen molar-refractivity contribution in [3.05, 3.63) is 64.3 Å². The van der Waals surface area contributed by atoms with Gasteiger partial charge in [-0.2, -0.15) is 5.10 Å². The molecule has 0 unspecified atom stereocenters. The Bertz CT molecular complexity index is 983. The number of benzene rings is 2. The normalized spacial score (nSPS) is 10.6. The van der Waals surface area contributed by atoms with Gasteiger partial charge in [-0.05, 0) is 43.2 Å². The molecule has 29 heavy (non-hydrogen) atoms. The van der Waals surface area contributed by atoms with Crippen molar-refractivity contribution >= 4 is 17.5 Å². The number of aryl methyl sites for hydroxylation is 1. The van der Waals surface area contributed by atoms with Crippen molar-refractivity contribution in [2.45, 2.75) is 19.8 Å². The zero-order valence-corrected chi connectivity index (χ0v) is 17.5. The van der Waals surface area contributed by atoms with Gasteiger partial charge in [-0.15, -0.1) is 0 Å². The van der Waals surface area contributed by atoms with E-state index in [2.05, 4.69) is 15.5 Å². The van der Waals surface area contributed by atoms with Crippen LogP contribution in [0.4, 0.5) is 0 Å². The number of carbonyl (C=O) groups is 1. The number of ether oxygens (including phenoxy) is 2. The van der Waals surface area contributed by atoms with Gasteiger partial charge in [0.2, 0.25) is 5.91 Å². The summed E-state index contributed by atoms with van der Waals surface area (Å²) in [6, 6.07) is 13.2. The van der Waals surface area contributed by atoms with E-state index in [0.29, 0.717) is 29.5 Å². The lowest BCUT2D eigenvalue weighted by atomic mass is 10.0. The molecule has 2 N–H and O–H groups in total. The molecule has 1 heterocycles. The van der Waals surface area contributed by atoms with Crippen molar-refractivity contribution in [3.63, 3.8) is 0 Å². The third-order valence-electron chi connectivity index (χ3n) is 4.71. The van der Waals surface area contributed by atoms with Crippen molar-refractivity contribution in [1.29, 1.82) is 0 Å². The maximum absolute atomic E-state index is 12.5. The largest absolute Gasteiger partial charge is 0.493 e. The first kappa shape index (κ1) is 20.7. The number of H-pyrrole nitrogens is 1. The van der Waals surface area contributed by atoms with Gasteiger partial charge in [-0.1, -0.05) is 29.8 Å². The SMILES string of the molecule is COc1ccc(CCNC(=O)Cc2c(-c3ccc(Cl)cc3)n[nH]c2C)cc1OC. The Morgan fingerprint density at radius 2 is 1.83 bits per heavy atom. The highest BCUT2D eigenvalue weighted by molar-refractivity contribution is 6.30. The van der Waals surface area contributed by atoms with Gasteiger partial charge in [0.1, 0.15) is 0 Å². The fourth-order valence-electron chi connectivity index (χ4n) is 3.12. The van der Waals surface area contributed by atoms with Crippen molar-refractivity contribution in [3.8, 4) is 22.8 Å². The molecule has 152 valence electrons. The highest BCUT2D eigenvalue weighted by Gasteiger charge is 2.15. The average Bonchev–Trinajstić information content (AvgIpc) is 3.08. The quantitative estimate of drug-likeness (QED) is 0.586. The summed E-state index contributed by atoms with van der Waals surface area (Å²) >= 11 is 5.96. The van der Waals surface area contributed by atoms with E-state index in [1.54, 1.807) is 14.2 Å². The molecule has 0 aliphatic rings. The summed E-state index contributed by atoms with van der Waals surface area (Å²) in [5.74, 6) is 1.31. The molecule has 1 amide bonds. The Morgan fingerprint density at radius 3 is 2.52 bits per heavy atom. The number of nitrogens with zero attached hydrogens (tertiary/aromatic N) is 1. The Kier molecular flexibility index (Phi) is 6.77. The Balaban J connectivity index is 1.60. The second-order valence-electron chi connectivity index (χ2n) is 6.65. The molecule has 1 aromatic heterocycles. The maximum Gasteiger partial charge on any atom is 0.224 e. The predicted octanol–water partition coefficient (Wildman–Crippen LogP) is 3.96. The first-order chi connectivity index (χ1) is 14.0. The van der Waals surface area contributed by atoms with Gasteiger partial charge in [0.25, 0.3) is 0 Å². The van der Waals surface area contributed by atoms with Crippen LogP contribution in [0, 0.1) is 6.92 Å². The minimum Gasteiger partial charge on any atom is -0.493 e. The Morgan fingerprint density at radius 1 is 1.10 bits per heavy atom. The number of halogens is 1. The summed E-state index contributed by atoms with van der Waals surface area (Å²) < 4.78 is 10.6. The lowest BCUT2D eigenvalue weighted by Crippen LogP contribution is -2.27. The van der Waals surface area contributed by atoms with Crippen molar-refractivity contribution < 1.29 is 14.3 Å². The fraction of sp³-hybridized carbons (Fsp3) is 0.273. The molecule has 0 saturated carbocycles. The zero-order valence-electron chi connectivity index (χ0n) is 16.7. The Labute approximate surface area is 175 Å². The molecule has 0 atom stereocenters. The summed E-state index contributed by atoms with van der Waals surface area (Å²) in [6.07, 6.45) is 0.951. The standard InChI is InChI=1S/C22H24ClN3O3/c1-14-18(22(26-25-14)16-5-7-17(23)8-6-16)13-21(27)24-11-10-15-4-9-19(28-2)20(12-15)29-3/h4-9,12H,10-11,13H2,1-3H3,(H,24,27)(H,25,26). The number of rotatable bonds is 8. The average molecular weight is 414 g/mol. The molecule has 2 aromatic carbocycles. The van der Waals surface area contributed by atoms with Crippen molar-refractivity contribution in [2.75, 3.05) is 20.8 Å². The number of nitrogens with one attached hydrogen (secondary N) is 2. The third kappa shape index (κ3) is 5.09. The van der Waals surface area contributed by atoms with Crippen LogP contribution < -0.4 is 14.8 Å². The number of methoxy groups -OCH3 is 2. The van der Waals surface area contributed by atoms with Crippen LogP contribution in [0.1, 0.15) is 16.8 Å². The van der Waals surface area contributed by atoms with E-state index in [4.69, 9.17) is 21.1 Å². The second-order valence-corrected chi connectivity index (χ2v) is 7.09. The van der Waals surface area contributed by atoms with Gasteiger partial charge in [0.15, 0.2) is 11.5 Å². The summed E-state index contributed by atoms with van der Waals surface area (Å²) in [7, 11) is 3.21.